The van der Waals surface area contributed by atoms with Gasteiger partial charge >= 0.3 is 0 Å². The molecule has 1 unspecified atom stereocenters. The predicted octanol–water partition coefficient (Wildman–Crippen LogP) is 1.51. The summed E-state index contributed by atoms with van der Waals surface area (Å²) in [7, 11) is 0. The van der Waals surface area contributed by atoms with Gasteiger partial charge in [0, 0.05) is 24.8 Å². The van der Waals surface area contributed by atoms with E-state index in [9.17, 15) is 4.79 Å². The van der Waals surface area contributed by atoms with Crippen molar-refractivity contribution in [3.63, 3.8) is 0 Å². The molecule has 1 saturated heterocycles. The van der Waals surface area contributed by atoms with Crippen molar-refractivity contribution in [2.45, 2.75) is 19.5 Å². The molecule has 0 aromatic heterocycles. The van der Waals surface area contributed by atoms with Crippen molar-refractivity contribution in [3.05, 3.63) is 35.4 Å². The van der Waals surface area contributed by atoms with E-state index in [0.29, 0.717) is 13.1 Å². The first-order chi connectivity index (χ1) is 8.29. The molecule has 1 heterocycles. The molecule has 0 radical (unpaired) electrons. The standard InChI is InChI=1S/C13H18N2OS/c14-7-10-1-3-11(4-2-10)8-15-13(16)12-5-6-17-9-12/h1-4,12H,5-9,14H2,(H,15,16). The fraction of sp³-hybridized carbons (Fsp3) is 0.462. The first-order valence-corrected chi connectivity index (χ1v) is 7.08. The van der Waals surface area contributed by atoms with Gasteiger partial charge in [0.2, 0.25) is 5.91 Å². The number of thioether (sulfide) groups is 1. The number of carbonyl (C=O) groups is 1. The van der Waals surface area contributed by atoms with E-state index in [2.05, 4.69) is 5.32 Å². The lowest BCUT2D eigenvalue weighted by atomic mass is 10.1. The third kappa shape index (κ3) is 3.48. The third-order valence-electron chi connectivity index (χ3n) is 3.03. The summed E-state index contributed by atoms with van der Waals surface area (Å²) in [5, 5.41) is 2.99. The SMILES string of the molecule is NCc1ccc(CNC(=O)C2CCSC2)cc1. The van der Waals surface area contributed by atoms with Crippen LogP contribution in [-0.4, -0.2) is 17.4 Å². The fourth-order valence-electron chi connectivity index (χ4n) is 1.87. The average Bonchev–Trinajstić information content (AvgIpc) is 2.90. The van der Waals surface area contributed by atoms with Crippen LogP contribution in [0.4, 0.5) is 0 Å². The molecule has 1 fully saturated rings. The monoisotopic (exact) mass is 250 g/mol. The maximum absolute atomic E-state index is 11.8. The summed E-state index contributed by atoms with van der Waals surface area (Å²) in [6, 6.07) is 8.05. The molecule has 3 N–H and O–H groups in total. The predicted molar refractivity (Wildman–Crippen MR) is 71.6 cm³/mol. The Hall–Kier alpha value is -1.00. The van der Waals surface area contributed by atoms with Crippen molar-refractivity contribution < 1.29 is 4.79 Å². The lowest BCUT2D eigenvalue weighted by Crippen LogP contribution is -2.30. The number of amides is 1. The van der Waals surface area contributed by atoms with Crippen LogP contribution in [0.15, 0.2) is 24.3 Å². The normalized spacial score (nSPS) is 19.2. The molecule has 0 spiro atoms. The van der Waals surface area contributed by atoms with Gasteiger partial charge in [-0.2, -0.15) is 11.8 Å². The van der Waals surface area contributed by atoms with E-state index >= 15 is 0 Å². The zero-order valence-electron chi connectivity index (χ0n) is 9.82. The summed E-state index contributed by atoms with van der Waals surface area (Å²) in [4.78, 5) is 11.8. The van der Waals surface area contributed by atoms with Gasteiger partial charge in [-0.25, -0.2) is 0 Å². The molecule has 1 aliphatic rings. The number of hydrogen-bond acceptors (Lipinski definition) is 3. The summed E-state index contributed by atoms with van der Waals surface area (Å²) < 4.78 is 0. The Morgan fingerprint density at radius 1 is 1.35 bits per heavy atom. The van der Waals surface area contributed by atoms with Gasteiger partial charge in [0.15, 0.2) is 0 Å². The van der Waals surface area contributed by atoms with E-state index < -0.39 is 0 Å². The number of hydrogen-bond donors (Lipinski definition) is 2. The Kier molecular flexibility index (Phi) is 4.45. The number of nitrogens with two attached hydrogens (primary N) is 1. The minimum absolute atomic E-state index is 0.193. The van der Waals surface area contributed by atoms with Crippen LogP contribution >= 0.6 is 11.8 Å². The van der Waals surface area contributed by atoms with Gasteiger partial charge in [-0.05, 0) is 23.3 Å². The van der Waals surface area contributed by atoms with E-state index in [1.165, 1.54) is 0 Å². The molecular formula is C13H18N2OS. The van der Waals surface area contributed by atoms with Crippen molar-refractivity contribution >= 4 is 17.7 Å². The van der Waals surface area contributed by atoms with Crippen molar-refractivity contribution in [2.75, 3.05) is 11.5 Å². The second kappa shape index (κ2) is 6.07. The zero-order valence-corrected chi connectivity index (χ0v) is 10.6. The molecular weight excluding hydrogens is 232 g/mol. The molecule has 4 heteroatoms. The number of carbonyl (C=O) groups excluding carboxylic acids is 1. The van der Waals surface area contributed by atoms with Gasteiger partial charge in [-0.15, -0.1) is 0 Å². The summed E-state index contributed by atoms with van der Waals surface area (Å²) in [6.07, 6.45) is 1.02. The van der Waals surface area contributed by atoms with Crippen LogP contribution in [0.1, 0.15) is 17.5 Å². The minimum Gasteiger partial charge on any atom is -0.352 e. The minimum atomic E-state index is 0.193. The molecule has 2 rings (SSSR count). The van der Waals surface area contributed by atoms with Gasteiger partial charge in [-0.1, -0.05) is 24.3 Å². The first kappa shape index (κ1) is 12.5. The quantitative estimate of drug-likeness (QED) is 0.852. The first-order valence-electron chi connectivity index (χ1n) is 5.93. The highest BCUT2D eigenvalue weighted by atomic mass is 32.2. The molecule has 0 aliphatic carbocycles. The number of rotatable bonds is 4. The third-order valence-corrected chi connectivity index (χ3v) is 4.19. The van der Waals surface area contributed by atoms with Gasteiger partial charge < -0.3 is 11.1 Å². The number of benzene rings is 1. The largest absolute Gasteiger partial charge is 0.352 e. The molecule has 0 saturated carbocycles. The highest BCUT2D eigenvalue weighted by molar-refractivity contribution is 7.99. The van der Waals surface area contributed by atoms with Crippen LogP contribution in [-0.2, 0) is 17.9 Å². The van der Waals surface area contributed by atoms with Crippen molar-refractivity contribution in [2.24, 2.45) is 11.7 Å². The molecule has 92 valence electrons. The Morgan fingerprint density at radius 3 is 2.65 bits per heavy atom. The second-order valence-electron chi connectivity index (χ2n) is 4.30. The van der Waals surface area contributed by atoms with Crippen LogP contribution in [0.2, 0.25) is 0 Å². The Morgan fingerprint density at radius 2 is 2.06 bits per heavy atom. The summed E-state index contributed by atoms with van der Waals surface area (Å²) in [6.45, 7) is 1.18. The van der Waals surface area contributed by atoms with Crippen molar-refractivity contribution in [1.29, 1.82) is 0 Å². The molecule has 1 aromatic rings. The molecule has 1 aliphatic heterocycles. The van der Waals surface area contributed by atoms with E-state index in [-0.39, 0.29) is 11.8 Å². The Labute approximate surface area is 106 Å². The average molecular weight is 250 g/mol. The topological polar surface area (TPSA) is 55.1 Å². The maximum Gasteiger partial charge on any atom is 0.224 e. The number of nitrogens with one attached hydrogen (secondary N) is 1. The molecule has 1 aromatic carbocycles. The van der Waals surface area contributed by atoms with Crippen LogP contribution in [0.5, 0.6) is 0 Å². The zero-order chi connectivity index (χ0) is 12.1. The summed E-state index contributed by atoms with van der Waals surface area (Å²) >= 11 is 1.86. The molecule has 3 nitrogen and oxygen atoms in total. The summed E-state index contributed by atoms with van der Waals surface area (Å²) in [5.74, 6) is 2.49. The van der Waals surface area contributed by atoms with Gasteiger partial charge in [0.1, 0.15) is 0 Å². The van der Waals surface area contributed by atoms with Gasteiger partial charge in [0.25, 0.3) is 0 Å². The lowest BCUT2D eigenvalue weighted by Gasteiger charge is -2.10. The van der Waals surface area contributed by atoms with E-state index in [1.54, 1.807) is 0 Å². The van der Waals surface area contributed by atoms with Crippen LogP contribution in [0, 0.1) is 5.92 Å². The lowest BCUT2D eigenvalue weighted by molar-refractivity contribution is -0.124. The van der Waals surface area contributed by atoms with E-state index in [4.69, 9.17) is 5.73 Å². The van der Waals surface area contributed by atoms with Crippen LogP contribution < -0.4 is 11.1 Å². The van der Waals surface area contributed by atoms with Gasteiger partial charge in [0.05, 0.1) is 0 Å². The molecule has 17 heavy (non-hydrogen) atoms. The van der Waals surface area contributed by atoms with Crippen molar-refractivity contribution in [3.8, 4) is 0 Å². The summed E-state index contributed by atoms with van der Waals surface area (Å²) in [5.41, 5.74) is 7.78. The maximum atomic E-state index is 11.8. The smallest absolute Gasteiger partial charge is 0.224 e. The highest BCUT2D eigenvalue weighted by Gasteiger charge is 2.22. The Bertz CT molecular complexity index is 372. The fourth-order valence-corrected chi connectivity index (χ4v) is 3.09. The second-order valence-corrected chi connectivity index (χ2v) is 5.45. The molecule has 1 amide bonds. The molecule has 1 atom stereocenters. The Balaban J connectivity index is 1.82. The highest BCUT2D eigenvalue weighted by Crippen LogP contribution is 2.23. The van der Waals surface area contributed by atoms with Crippen LogP contribution in [0.3, 0.4) is 0 Å². The molecule has 0 bridgehead atoms. The van der Waals surface area contributed by atoms with E-state index in [1.807, 2.05) is 36.0 Å². The van der Waals surface area contributed by atoms with E-state index in [0.717, 1.165) is 29.1 Å². The van der Waals surface area contributed by atoms with Crippen LogP contribution in [0.25, 0.3) is 0 Å². The van der Waals surface area contributed by atoms with Crippen molar-refractivity contribution in [1.82, 2.24) is 5.32 Å². The van der Waals surface area contributed by atoms with Gasteiger partial charge in [-0.3, -0.25) is 4.79 Å².